The van der Waals surface area contributed by atoms with Gasteiger partial charge < -0.3 is 15.2 Å². The second kappa shape index (κ2) is 5.82. The highest BCUT2D eigenvalue weighted by molar-refractivity contribution is 5.55. The van der Waals surface area contributed by atoms with Gasteiger partial charge >= 0.3 is 0 Å². The first-order chi connectivity index (χ1) is 9.51. The number of nitrogens with zero attached hydrogens (tertiary/aromatic N) is 1. The highest BCUT2D eigenvalue weighted by Gasteiger charge is 2.12. The zero-order valence-electron chi connectivity index (χ0n) is 12.3. The van der Waals surface area contributed by atoms with Gasteiger partial charge in [-0.1, -0.05) is 13.8 Å². The minimum Gasteiger partial charge on any atom is -0.481 e. The Morgan fingerprint density at radius 2 is 1.95 bits per heavy atom. The van der Waals surface area contributed by atoms with Crippen LogP contribution in [0.2, 0.25) is 0 Å². The average molecular weight is 272 g/mol. The molecule has 2 rings (SSSR count). The Balaban J connectivity index is 2.39. The van der Waals surface area contributed by atoms with Crippen LogP contribution in [0.1, 0.15) is 30.9 Å². The van der Waals surface area contributed by atoms with Crippen LogP contribution in [0.3, 0.4) is 0 Å². The summed E-state index contributed by atoms with van der Waals surface area (Å²) in [5, 5.41) is 0. The van der Waals surface area contributed by atoms with Crippen molar-refractivity contribution in [2.24, 2.45) is 0 Å². The van der Waals surface area contributed by atoms with Gasteiger partial charge in [0, 0.05) is 18.0 Å². The van der Waals surface area contributed by atoms with Crippen molar-refractivity contribution >= 4 is 5.69 Å². The zero-order valence-corrected chi connectivity index (χ0v) is 12.3. The molecule has 0 saturated heterocycles. The van der Waals surface area contributed by atoms with E-state index in [2.05, 4.69) is 18.8 Å². The maximum atomic E-state index is 5.98. The van der Waals surface area contributed by atoms with Gasteiger partial charge in [-0.3, -0.25) is 0 Å². The second-order valence-electron chi connectivity index (χ2n) is 5.04. The molecule has 4 nitrogen and oxygen atoms in total. The van der Waals surface area contributed by atoms with E-state index in [1.165, 1.54) is 0 Å². The van der Waals surface area contributed by atoms with Gasteiger partial charge in [0.25, 0.3) is 0 Å². The first-order valence-electron chi connectivity index (χ1n) is 6.59. The summed E-state index contributed by atoms with van der Waals surface area (Å²) in [6, 6.07) is 7.51. The van der Waals surface area contributed by atoms with E-state index in [0.29, 0.717) is 17.5 Å². The third kappa shape index (κ3) is 3.02. The first-order valence-corrected chi connectivity index (χ1v) is 6.59. The maximum absolute atomic E-state index is 5.98. The number of ether oxygens (including phenoxy) is 2. The molecule has 0 atom stereocenters. The van der Waals surface area contributed by atoms with Crippen molar-refractivity contribution in [3.8, 4) is 17.4 Å². The molecule has 0 aliphatic rings. The van der Waals surface area contributed by atoms with E-state index in [-0.39, 0.29) is 0 Å². The molecule has 0 amide bonds. The van der Waals surface area contributed by atoms with Crippen molar-refractivity contribution in [2.75, 3.05) is 12.8 Å². The van der Waals surface area contributed by atoms with E-state index in [1.54, 1.807) is 25.4 Å². The van der Waals surface area contributed by atoms with Crippen molar-refractivity contribution in [1.82, 2.24) is 4.98 Å². The molecule has 1 heterocycles. The Labute approximate surface area is 119 Å². The molecule has 0 bridgehead atoms. The van der Waals surface area contributed by atoms with Gasteiger partial charge in [0.1, 0.15) is 11.5 Å². The smallest absolute Gasteiger partial charge is 0.216 e. The number of pyridine rings is 1. The normalized spacial score (nSPS) is 10.7. The largest absolute Gasteiger partial charge is 0.481 e. The number of rotatable bonds is 4. The van der Waals surface area contributed by atoms with Crippen molar-refractivity contribution in [3.63, 3.8) is 0 Å². The predicted octanol–water partition coefficient (Wildman–Crippen LogP) is 3.90. The van der Waals surface area contributed by atoms with Crippen molar-refractivity contribution in [3.05, 3.63) is 41.6 Å². The van der Waals surface area contributed by atoms with E-state index >= 15 is 0 Å². The molecular weight excluding hydrogens is 252 g/mol. The molecular formula is C16H20N2O2. The first kappa shape index (κ1) is 14.2. The van der Waals surface area contributed by atoms with E-state index in [4.69, 9.17) is 15.2 Å². The van der Waals surface area contributed by atoms with Crippen LogP contribution in [0.15, 0.2) is 30.5 Å². The summed E-state index contributed by atoms with van der Waals surface area (Å²) >= 11 is 0. The molecule has 0 aliphatic carbocycles. The Morgan fingerprint density at radius 3 is 2.60 bits per heavy atom. The van der Waals surface area contributed by atoms with E-state index in [9.17, 15) is 0 Å². The van der Waals surface area contributed by atoms with Crippen molar-refractivity contribution in [1.29, 1.82) is 0 Å². The Bertz CT molecular complexity index is 609. The van der Waals surface area contributed by atoms with Crippen molar-refractivity contribution < 1.29 is 9.47 Å². The number of nitrogens with two attached hydrogens (primary N) is 1. The molecule has 4 heteroatoms. The van der Waals surface area contributed by atoms with E-state index in [0.717, 1.165) is 22.6 Å². The number of anilines is 1. The summed E-state index contributed by atoms with van der Waals surface area (Å²) in [7, 11) is 1.58. The van der Waals surface area contributed by atoms with Crippen LogP contribution < -0.4 is 15.2 Å². The summed E-state index contributed by atoms with van der Waals surface area (Å²) in [5.41, 5.74) is 8.86. The van der Waals surface area contributed by atoms with Gasteiger partial charge in [-0.15, -0.1) is 0 Å². The summed E-state index contributed by atoms with van der Waals surface area (Å²) in [6.07, 6.45) is 1.66. The lowest BCUT2D eigenvalue weighted by Crippen LogP contribution is -1.99. The monoisotopic (exact) mass is 272 g/mol. The number of aryl methyl sites for hydroxylation is 1. The van der Waals surface area contributed by atoms with Crippen LogP contribution in [0.5, 0.6) is 17.4 Å². The lowest BCUT2D eigenvalue weighted by Gasteiger charge is -2.16. The minimum absolute atomic E-state index is 0.330. The molecule has 0 spiro atoms. The van der Waals surface area contributed by atoms with Gasteiger partial charge in [-0.2, -0.15) is 0 Å². The van der Waals surface area contributed by atoms with Gasteiger partial charge in [-0.25, -0.2) is 4.98 Å². The molecule has 2 N–H and O–H groups in total. The fraction of sp³-hybridized carbons (Fsp3) is 0.312. The number of aromatic nitrogens is 1. The third-order valence-corrected chi connectivity index (χ3v) is 3.16. The molecule has 106 valence electrons. The lowest BCUT2D eigenvalue weighted by atomic mass is 9.99. The van der Waals surface area contributed by atoms with Crippen LogP contribution in [0.25, 0.3) is 0 Å². The molecule has 1 aromatic heterocycles. The average Bonchev–Trinajstić information content (AvgIpc) is 2.42. The summed E-state index contributed by atoms with van der Waals surface area (Å²) in [5.74, 6) is 2.38. The van der Waals surface area contributed by atoms with Crippen LogP contribution >= 0.6 is 0 Å². The zero-order chi connectivity index (χ0) is 14.7. The molecule has 0 fully saturated rings. The maximum Gasteiger partial charge on any atom is 0.216 e. The molecule has 0 unspecified atom stereocenters. The third-order valence-electron chi connectivity index (χ3n) is 3.16. The minimum atomic E-state index is 0.330. The molecule has 1 aromatic carbocycles. The predicted molar refractivity (Wildman–Crippen MR) is 80.5 cm³/mol. The number of methoxy groups -OCH3 is 1. The Morgan fingerprint density at radius 1 is 1.20 bits per heavy atom. The van der Waals surface area contributed by atoms with Gasteiger partial charge in [0.05, 0.1) is 7.11 Å². The van der Waals surface area contributed by atoms with Crippen LogP contribution in [-0.2, 0) is 0 Å². The number of hydrogen-bond donors (Lipinski definition) is 1. The molecule has 0 radical (unpaired) electrons. The SMILES string of the molecule is COc1cc(Oc2cc(C)c(N)cc2C(C)C)ccn1. The number of benzene rings is 1. The lowest BCUT2D eigenvalue weighted by molar-refractivity contribution is 0.392. The fourth-order valence-electron chi connectivity index (χ4n) is 1.95. The molecule has 0 saturated carbocycles. The molecule has 20 heavy (non-hydrogen) atoms. The van der Waals surface area contributed by atoms with Crippen LogP contribution in [0.4, 0.5) is 5.69 Å². The number of nitrogen functional groups attached to an aromatic ring is 1. The fourth-order valence-corrected chi connectivity index (χ4v) is 1.95. The highest BCUT2D eigenvalue weighted by atomic mass is 16.5. The Hall–Kier alpha value is -2.23. The van der Waals surface area contributed by atoms with E-state index in [1.807, 2.05) is 19.1 Å². The van der Waals surface area contributed by atoms with Gasteiger partial charge in [0.2, 0.25) is 5.88 Å². The highest BCUT2D eigenvalue weighted by Crippen LogP contribution is 2.34. The van der Waals surface area contributed by atoms with Crippen LogP contribution in [-0.4, -0.2) is 12.1 Å². The summed E-state index contributed by atoms with van der Waals surface area (Å²) in [4.78, 5) is 4.07. The molecule has 0 aliphatic heterocycles. The topological polar surface area (TPSA) is 57.4 Å². The van der Waals surface area contributed by atoms with E-state index < -0.39 is 0 Å². The van der Waals surface area contributed by atoms with Crippen LogP contribution in [0, 0.1) is 6.92 Å². The standard InChI is InChI=1S/C16H20N2O2/c1-10(2)13-9-14(17)11(3)7-15(13)20-12-5-6-18-16(8-12)19-4/h5-10H,17H2,1-4H3. The second-order valence-corrected chi connectivity index (χ2v) is 5.04. The summed E-state index contributed by atoms with van der Waals surface area (Å²) < 4.78 is 11.1. The molecule has 2 aromatic rings. The van der Waals surface area contributed by atoms with Crippen molar-refractivity contribution in [2.45, 2.75) is 26.7 Å². The van der Waals surface area contributed by atoms with Gasteiger partial charge in [-0.05, 0) is 42.2 Å². The quantitative estimate of drug-likeness (QED) is 0.858. The Kier molecular flexibility index (Phi) is 4.13. The number of hydrogen-bond acceptors (Lipinski definition) is 4. The van der Waals surface area contributed by atoms with Gasteiger partial charge in [0.15, 0.2) is 0 Å². The summed E-state index contributed by atoms with van der Waals surface area (Å²) in [6.45, 7) is 6.20.